The molecule has 41 heavy (non-hydrogen) atoms. The van der Waals surface area contributed by atoms with Crippen LogP contribution in [0.4, 0.5) is 0 Å². The monoisotopic (exact) mass is 572 g/mol. The molecule has 210 valence electrons. The smallest absolute Gasteiger partial charge is 0.356 e. The molecule has 0 saturated carbocycles. The number of amides is 2. The average molecular weight is 573 g/mol. The fourth-order valence-corrected chi connectivity index (χ4v) is 6.03. The lowest BCUT2D eigenvalue weighted by molar-refractivity contribution is -0.155. The highest BCUT2D eigenvalue weighted by Gasteiger charge is 2.54. The zero-order chi connectivity index (χ0) is 28.8. The van der Waals surface area contributed by atoms with Gasteiger partial charge >= 0.3 is 11.9 Å². The van der Waals surface area contributed by atoms with Gasteiger partial charge in [-0.1, -0.05) is 78.9 Å². The van der Waals surface area contributed by atoms with Crippen molar-refractivity contribution in [1.29, 1.82) is 0 Å². The zero-order valence-electron chi connectivity index (χ0n) is 22.2. The summed E-state index contributed by atoms with van der Waals surface area (Å²) in [5.74, 6) is -1.40. The summed E-state index contributed by atoms with van der Waals surface area (Å²) >= 11 is 1.35. The molecule has 1 saturated heterocycles. The van der Waals surface area contributed by atoms with Crippen molar-refractivity contribution in [3.8, 4) is 5.75 Å². The van der Waals surface area contributed by atoms with E-state index in [-0.39, 0.29) is 24.5 Å². The van der Waals surface area contributed by atoms with E-state index in [4.69, 9.17) is 14.2 Å². The normalized spacial score (nSPS) is 17.8. The number of thioether (sulfide) groups is 1. The van der Waals surface area contributed by atoms with E-state index in [0.717, 1.165) is 11.1 Å². The summed E-state index contributed by atoms with van der Waals surface area (Å²) in [5.41, 5.74) is 1.94. The van der Waals surface area contributed by atoms with E-state index in [2.05, 4.69) is 5.32 Å². The number of hydrogen-bond acceptors (Lipinski definition) is 8. The van der Waals surface area contributed by atoms with Crippen LogP contribution in [0.5, 0.6) is 5.75 Å². The highest BCUT2D eigenvalue weighted by atomic mass is 32.2. The van der Waals surface area contributed by atoms with Gasteiger partial charge in [-0.2, -0.15) is 0 Å². The number of nitrogens with one attached hydrogen (secondary N) is 1. The van der Waals surface area contributed by atoms with Crippen LogP contribution < -0.4 is 10.1 Å². The number of benzene rings is 3. The summed E-state index contributed by atoms with van der Waals surface area (Å²) in [6, 6.07) is 26.6. The summed E-state index contributed by atoms with van der Waals surface area (Å²) in [6.45, 7) is -0.265. The van der Waals surface area contributed by atoms with E-state index in [1.54, 1.807) is 24.3 Å². The molecule has 1 fully saturated rings. The largest absolute Gasteiger partial charge is 0.484 e. The fraction of sp³-hybridized carbons (Fsp3) is 0.226. The Bertz CT molecular complexity index is 1410. The van der Waals surface area contributed by atoms with Gasteiger partial charge in [-0.05, 0) is 28.8 Å². The van der Waals surface area contributed by atoms with Crippen LogP contribution in [0, 0.1) is 0 Å². The summed E-state index contributed by atoms with van der Waals surface area (Å²) in [6.07, 6.45) is -0.917. The van der Waals surface area contributed by atoms with Gasteiger partial charge in [0, 0.05) is 5.75 Å². The van der Waals surface area contributed by atoms with Crippen LogP contribution in [-0.4, -0.2) is 59.5 Å². The summed E-state index contributed by atoms with van der Waals surface area (Å²) in [4.78, 5) is 53.3. The van der Waals surface area contributed by atoms with E-state index < -0.39 is 41.3 Å². The average Bonchev–Trinajstić information content (AvgIpc) is 3.02. The van der Waals surface area contributed by atoms with Gasteiger partial charge in [0.25, 0.3) is 11.8 Å². The molecule has 2 heterocycles. The second-order valence-electron chi connectivity index (χ2n) is 9.37. The predicted octanol–water partition coefficient (Wildman–Crippen LogP) is 3.62. The highest BCUT2D eigenvalue weighted by molar-refractivity contribution is 8.00. The summed E-state index contributed by atoms with van der Waals surface area (Å²) < 4.78 is 16.4. The number of methoxy groups -OCH3 is 1. The van der Waals surface area contributed by atoms with E-state index in [1.165, 1.54) is 23.8 Å². The number of carbonyl (C=O) groups is 4. The van der Waals surface area contributed by atoms with Crippen molar-refractivity contribution in [3.05, 3.63) is 113 Å². The van der Waals surface area contributed by atoms with Crippen molar-refractivity contribution < 1.29 is 33.4 Å². The van der Waals surface area contributed by atoms with Crippen LogP contribution >= 0.6 is 11.8 Å². The molecule has 0 bridgehead atoms. The van der Waals surface area contributed by atoms with Gasteiger partial charge < -0.3 is 19.5 Å². The van der Waals surface area contributed by atoms with Gasteiger partial charge in [-0.3, -0.25) is 19.3 Å². The number of fused-ring (bicyclic) bond motifs is 1. The third-order valence-corrected chi connectivity index (χ3v) is 8.02. The molecule has 3 aromatic carbocycles. The van der Waals surface area contributed by atoms with Crippen molar-refractivity contribution in [2.45, 2.75) is 23.9 Å². The van der Waals surface area contributed by atoms with E-state index in [0.29, 0.717) is 11.3 Å². The number of rotatable bonds is 10. The Morgan fingerprint density at radius 2 is 1.51 bits per heavy atom. The van der Waals surface area contributed by atoms with E-state index in [9.17, 15) is 19.2 Å². The maximum Gasteiger partial charge on any atom is 0.356 e. The van der Waals surface area contributed by atoms with Gasteiger partial charge in [0.05, 0.1) is 13.5 Å². The van der Waals surface area contributed by atoms with Crippen LogP contribution in [0.1, 0.15) is 23.7 Å². The van der Waals surface area contributed by atoms with Crippen LogP contribution in [0.15, 0.2) is 102 Å². The third kappa shape index (κ3) is 6.28. The number of nitrogens with zero attached hydrogens (tertiary/aromatic N) is 1. The molecule has 5 rings (SSSR count). The first-order valence-corrected chi connectivity index (χ1v) is 14.0. The molecule has 2 aliphatic rings. The van der Waals surface area contributed by atoms with Crippen LogP contribution in [0.25, 0.3) is 0 Å². The topological polar surface area (TPSA) is 111 Å². The number of para-hydroxylation sites is 1. The van der Waals surface area contributed by atoms with Gasteiger partial charge in [-0.15, -0.1) is 11.8 Å². The first-order valence-electron chi connectivity index (χ1n) is 13.0. The molecule has 0 unspecified atom stereocenters. The van der Waals surface area contributed by atoms with Crippen LogP contribution in [0.3, 0.4) is 0 Å². The second-order valence-corrected chi connectivity index (χ2v) is 10.5. The van der Waals surface area contributed by atoms with Crippen LogP contribution in [-0.2, 0) is 28.7 Å². The maximum atomic E-state index is 13.8. The Balaban J connectivity index is 1.36. The van der Waals surface area contributed by atoms with Gasteiger partial charge in [0.1, 0.15) is 22.9 Å². The zero-order valence-corrected chi connectivity index (χ0v) is 23.0. The molecule has 0 aromatic heterocycles. The molecular weight excluding hydrogens is 544 g/mol. The van der Waals surface area contributed by atoms with Crippen LogP contribution in [0.2, 0.25) is 0 Å². The molecule has 0 aliphatic carbocycles. The molecule has 3 aromatic rings. The van der Waals surface area contributed by atoms with Gasteiger partial charge in [-0.25, -0.2) is 4.79 Å². The van der Waals surface area contributed by atoms with Gasteiger partial charge in [0.15, 0.2) is 12.7 Å². The number of ether oxygens (including phenoxy) is 3. The Hall–Kier alpha value is -4.57. The lowest BCUT2D eigenvalue weighted by Crippen LogP contribution is -2.71. The minimum atomic E-state index is -0.853. The molecule has 10 heteroatoms. The Morgan fingerprint density at radius 1 is 0.927 bits per heavy atom. The van der Waals surface area contributed by atoms with Gasteiger partial charge in [0.2, 0.25) is 0 Å². The molecule has 1 N–H and O–H groups in total. The minimum Gasteiger partial charge on any atom is -0.484 e. The van der Waals surface area contributed by atoms with Crippen molar-refractivity contribution in [2.75, 3.05) is 19.5 Å². The lowest BCUT2D eigenvalue weighted by atomic mass is 10.00. The van der Waals surface area contributed by atoms with Crippen molar-refractivity contribution in [3.63, 3.8) is 0 Å². The quantitative estimate of drug-likeness (QED) is 0.290. The third-order valence-electron chi connectivity index (χ3n) is 6.69. The molecule has 2 amide bonds. The van der Waals surface area contributed by atoms with E-state index in [1.807, 2.05) is 66.7 Å². The molecule has 0 spiro atoms. The minimum absolute atomic E-state index is 0.00652. The van der Waals surface area contributed by atoms with Crippen molar-refractivity contribution in [2.24, 2.45) is 0 Å². The highest BCUT2D eigenvalue weighted by Crippen LogP contribution is 2.42. The molecule has 9 nitrogen and oxygen atoms in total. The Kier molecular flexibility index (Phi) is 8.69. The van der Waals surface area contributed by atoms with E-state index >= 15 is 0 Å². The Morgan fingerprint density at radius 3 is 2.10 bits per heavy atom. The molecule has 2 aliphatic heterocycles. The molecular formula is C31H28N2O7S. The fourth-order valence-electron chi connectivity index (χ4n) is 4.68. The summed E-state index contributed by atoms with van der Waals surface area (Å²) in [7, 11) is 1.26. The SMILES string of the molecule is COC(=O)CC1=C(C(=O)OC(c2ccccc2)c2ccccc2)N2C(=O)[C@@H](NC(=O)COc3ccccc3)[C@@H]2SC1. The predicted molar refractivity (Wildman–Crippen MR) is 151 cm³/mol. The second kappa shape index (κ2) is 12.7. The number of β-lactam (4-membered cyclic amide) rings is 1. The van der Waals surface area contributed by atoms with Crippen molar-refractivity contribution in [1.82, 2.24) is 10.2 Å². The molecule has 0 radical (unpaired) electrons. The number of carbonyl (C=O) groups excluding carboxylic acids is 4. The standard InChI is InChI=1S/C31H28N2O7S/c1-38-25(35)17-22-19-41-30-26(32-24(34)18-39-23-15-9-4-10-16-23)29(36)33(30)27(22)31(37)40-28(20-11-5-2-6-12-20)21-13-7-3-8-14-21/h2-16,26,28,30H,17-19H2,1H3,(H,32,34)/t26-,30+/m1/s1. The maximum absolute atomic E-state index is 13.8. The first-order chi connectivity index (χ1) is 20.0. The van der Waals surface area contributed by atoms with Crippen molar-refractivity contribution >= 4 is 35.5 Å². The molecule has 2 atom stereocenters. The Labute approximate surface area is 241 Å². The summed E-state index contributed by atoms with van der Waals surface area (Å²) in [5, 5.41) is 2.17. The number of hydrogen-bond donors (Lipinski definition) is 1. The first kappa shape index (κ1) is 28.0. The lowest BCUT2D eigenvalue weighted by Gasteiger charge is -2.49. The number of esters is 2.